The minimum Gasteiger partial charge on any atom is -0.493 e. The highest BCUT2D eigenvalue weighted by Gasteiger charge is 2.20. The number of methoxy groups -OCH3 is 1. The number of aromatic carboxylic acids is 1. The zero-order chi connectivity index (χ0) is 21.6. The van der Waals surface area contributed by atoms with E-state index in [0.29, 0.717) is 18.0 Å². The van der Waals surface area contributed by atoms with E-state index in [-0.39, 0.29) is 11.7 Å². The van der Waals surface area contributed by atoms with Gasteiger partial charge in [0.15, 0.2) is 11.5 Å². The SMILES string of the molecule is COc1ccc(N(Cc2cccnn2)c2ccc(C(=O)O)cc2)cc1OC1CCCC1. The third kappa shape index (κ3) is 4.94. The molecule has 1 aliphatic rings. The Hall–Kier alpha value is -3.61. The summed E-state index contributed by atoms with van der Waals surface area (Å²) in [6, 6.07) is 16.4. The molecule has 4 rings (SSSR count). The fraction of sp³-hybridized carbons (Fsp3) is 0.292. The number of aromatic nitrogens is 2. The number of ether oxygens (including phenoxy) is 2. The molecule has 2 aromatic carbocycles. The summed E-state index contributed by atoms with van der Waals surface area (Å²) in [5.41, 5.74) is 2.76. The highest BCUT2D eigenvalue weighted by molar-refractivity contribution is 5.88. The van der Waals surface area contributed by atoms with Crippen LogP contribution < -0.4 is 14.4 Å². The first kappa shape index (κ1) is 20.7. The molecule has 0 atom stereocenters. The molecule has 0 bridgehead atoms. The van der Waals surface area contributed by atoms with E-state index < -0.39 is 5.97 Å². The van der Waals surface area contributed by atoms with Crippen LogP contribution in [-0.4, -0.2) is 34.5 Å². The third-order valence-electron chi connectivity index (χ3n) is 5.43. The van der Waals surface area contributed by atoms with Crippen molar-refractivity contribution in [3.8, 4) is 11.5 Å². The smallest absolute Gasteiger partial charge is 0.335 e. The first-order valence-electron chi connectivity index (χ1n) is 10.4. The van der Waals surface area contributed by atoms with Gasteiger partial charge in [0, 0.05) is 23.6 Å². The second-order valence-electron chi connectivity index (χ2n) is 7.51. The minimum absolute atomic E-state index is 0.201. The van der Waals surface area contributed by atoms with Gasteiger partial charge in [-0.1, -0.05) is 0 Å². The van der Waals surface area contributed by atoms with Crippen LogP contribution in [0.3, 0.4) is 0 Å². The van der Waals surface area contributed by atoms with Gasteiger partial charge in [0.05, 0.1) is 31.0 Å². The average Bonchev–Trinajstić information content (AvgIpc) is 3.31. The standard InChI is InChI=1S/C24H25N3O4/c1-30-22-13-12-20(15-23(22)31-21-6-2-3-7-21)27(16-18-5-4-14-25-26-18)19-10-8-17(9-11-19)24(28)29/h4-5,8-15,21H,2-3,6-7,16H2,1H3,(H,28,29). The van der Waals surface area contributed by atoms with Crippen molar-refractivity contribution in [1.82, 2.24) is 10.2 Å². The summed E-state index contributed by atoms with van der Waals surface area (Å²) in [4.78, 5) is 13.3. The number of nitrogens with zero attached hydrogens (tertiary/aromatic N) is 3. The van der Waals surface area contributed by atoms with Crippen molar-refractivity contribution in [3.05, 3.63) is 72.1 Å². The lowest BCUT2D eigenvalue weighted by Crippen LogP contribution is -2.18. The summed E-state index contributed by atoms with van der Waals surface area (Å²) in [5, 5.41) is 17.4. The van der Waals surface area contributed by atoms with Crippen LogP contribution in [0.1, 0.15) is 41.7 Å². The van der Waals surface area contributed by atoms with E-state index in [1.807, 2.05) is 30.3 Å². The average molecular weight is 419 g/mol. The van der Waals surface area contributed by atoms with Crippen molar-refractivity contribution in [1.29, 1.82) is 0 Å². The number of anilines is 2. The molecule has 1 saturated carbocycles. The monoisotopic (exact) mass is 419 g/mol. The summed E-state index contributed by atoms with van der Waals surface area (Å²) < 4.78 is 11.8. The van der Waals surface area contributed by atoms with E-state index in [0.717, 1.165) is 29.9 Å². The minimum atomic E-state index is -0.955. The van der Waals surface area contributed by atoms with Crippen molar-refractivity contribution in [2.45, 2.75) is 38.3 Å². The summed E-state index contributed by atoms with van der Waals surface area (Å²) in [6.07, 6.45) is 6.30. The Morgan fingerprint density at radius 1 is 1.06 bits per heavy atom. The normalized spacial score (nSPS) is 13.7. The Morgan fingerprint density at radius 3 is 2.45 bits per heavy atom. The second kappa shape index (κ2) is 9.47. The number of carbonyl (C=O) groups is 1. The van der Waals surface area contributed by atoms with E-state index in [9.17, 15) is 9.90 Å². The maximum Gasteiger partial charge on any atom is 0.335 e. The quantitative estimate of drug-likeness (QED) is 0.559. The summed E-state index contributed by atoms with van der Waals surface area (Å²) in [7, 11) is 1.64. The molecule has 0 radical (unpaired) electrons. The number of hydrogen-bond donors (Lipinski definition) is 1. The van der Waals surface area contributed by atoms with E-state index in [4.69, 9.17) is 9.47 Å². The molecule has 0 unspecified atom stereocenters. The fourth-order valence-corrected chi connectivity index (χ4v) is 3.81. The molecule has 0 amide bonds. The van der Waals surface area contributed by atoms with Gasteiger partial charge in [0.1, 0.15) is 0 Å². The van der Waals surface area contributed by atoms with Crippen LogP contribution in [0, 0.1) is 0 Å². The largest absolute Gasteiger partial charge is 0.493 e. The van der Waals surface area contributed by atoms with Gasteiger partial charge >= 0.3 is 5.97 Å². The van der Waals surface area contributed by atoms with Gasteiger partial charge in [-0.2, -0.15) is 10.2 Å². The lowest BCUT2D eigenvalue weighted by atomic mass is 10.1. The molecule has 0 aliphatic heterocycles. The maximum atomic E-state index is 11.3. The van der Waals surface area contributed by atoms with Crippen molar-refractivity contribution in [2.75, 3.05) is 12.0 Å². The van der Waals surface area contributed by atoms with Crippen molar-refractivity contribution in [2.24, 2.45) is 0 Å². The first-order chi connectivity index (χ1) is 15.1. The van der Waals surface area contributed by atoms with E-state index in [1.165, 1.54) is 12.8 Å². The van der Waals surface area contributed by atoms with Crippen molar-refractivity contribution in [3.63, 3.8) is 0 Å². The van der Waals surface area contributed by atoms with E-state index >= 15 is 0 Å². The van der Waals surface area contributed by atoms with Crippen LogP contribution in [0.2, 0.25) is 0 Å². The zero-order valence-corrected chi connectivity index (χ0v) is 17.4. The molecule has 3 aromatic rings. The predicted octanol–water partition coefficient (Wildman–Crippen LogP) is 4.84. The van der Waals surface area contributed by atoms with Crippen molar-refractivity contribution < 1.29 is 19.4 Å². The fourth-order valence-electron chi connectivity index (χ4n) is 3.81. The van der Waals surface area contributed by atoms with Crippen LogP contribution in [0.25, 0.3) is 0 Å². The number of carboxylic acids is 1. The predicted molar refractivity (Wildman–Crippen MR) is 117 cm³/mol. The molecule has 7 nitrogen and oxygen atoms in total. The molecule has 0 spiro atoms. The molecular weight excluding hydrogens is 394 g/mol. The van der Waals surface area contributed by atoms with Gasteiger partial charge in [-0.3, -0.25) is 0 Å². The molecular formula is C24H25N3O4. The van der Waals surface area contributed by atoms with E-state index in [1.54, 1.807) is 37.6 Å². The summed E-state index contributed by atoms with van der Waals surface area (Å²) in [5.74, 6) is 0.443. The van der Waals surface area contributed by atoms with Gasteiger partial charge in [0.25, 0.3) is 0 Å². The first-order valence-corrected chi connectivity index (χ1v) is 10.4. The Kier molecular flexibility index (Phi) is 6.31. The molecule has 7 heteroatoms. The number of benzene rings is 2. The van der Waals surface area contributed by atoms with Gasteiger partial charge < -0.3 is 19.5 Å². The van der Waals surface area contributed by atoms with Crippen molar-refractivity contribution >= 4 is 17.3 Å². The number of hydrogen-bond acceptors (Lipinski definition) is 6. The second-order valence-corrected chi connectivity index (χ2v) is 7.51. The zero-order valence-electron chi connectivity index (χ0n) is 17.4. The molecule has 1 aliphatic carbocycles. The van der Waals surface area contributed by atoms with Crippen LogP contribution in [-0.2, 0) is 6.54 Å². The summed E-state index contributed by atoms with van der Waals surface area (Å²) in [6.45, 7) is 0.468. The van der Waals surface area contributed by atoms with Gasteiger partial charge in [-0.05, 0) is 74.2 Å². The molecule has 1 aromatic heterocycles. The van der Waals surface area contributed by atoms with Gasteiger partial charge in [0.2, 0.25) is 0 Å². The Bertz CT molecular complexity index is 1020. The lowest BCUT2D eigenvalue weighted by Gasteiger charge is -2.26. The molecule has 1 fully saturated rings. The van der Waals surface area contributed by atoms with Crippen LogP contribution >= 0.6 is 0 Å². The lowest BCUT2D eigenvalue weighted by molar-refractivity contribution is 0.0697. The highest BCUT2D eigenvalue weighted by atomic mass is 16.5. The topological polar surface area (TPSA) is 84.8 Å². The Balaban J connectivity index is 1.70. The van der Waals surface area contributed by atoms with Gasteiger partial charge in [-0.25, -0.2) is 4.79 Å². The van der Waals surface area contributed by atoms with E-state index in [2.05, 4.69) is 15.1 Å². The number of rotatable bonds is 8. The van der Waals surface area contributed by atoms with Crippen LogP contribution in [0.15, 0.2) is 60.8 Å². The molecule has 31 heavy (non-hydrogen) atoms. The summed E-state index contributed by atoms with van der Waals surface area (Å²) >= 11 is 0. The molecule has 1 heterocycles. The third-order valence-corrected chi connectivity index (χ3v) is 5.43. The molecule has 160 valence electrons. The highest BCUT2D eigenvalue weighted by Crippen LogP contribution is 2.37. The number of carboxylic acid groups (broad SMARTS) is 1. The van der Waals surface area contributed by atoms with Crippen LogP contribution in [0.4, 0.5) is 11.4 Å². The maximum absolute atomic E-state index is 11.3. The Morgan fingerprint density at radius 2 is 1.81 bits per heavy atom. The Labute approximate surface area is 181 Å². The van der Waals surface area contributed by atoms with Crippen LogP contribution in [0.5, 0.6) is 11.5 Å². The van der Waals surface area contributed by atoms with Gasteiger partial charge in [-0.15, -0.1) is 0 Å². The molecule has 1 N–H and O–H groups in total. The molecule has 0 saturated heterocycles.